The van der Waals surface area contributed by atoms with Gasteiger partial charge in [-0.25, -0.2) is 4.11 Å². The van der Waals surface area contributed by atoms with E-state index in [0.717, 1.165) is 0 Å². The molecule has 4 unspecified atom stereocenters. The van der Waals surface area contributed by atoms with Crippen molar-refractivity contribution in [3.8, 4) is 0 Å². The van der Waals surface area contributed by atoms with Gasteiger partial charge in [0.2, 0.25) is 0 Å². The van der Waals surface area contributed by atoms with Crippen LogP contribution in [0.1, 0.15) is 0 Å². The van der Waals surface area contributed by atoms with E-state index in [2.05, 4.69) is 0 Å². The molecule has 37 heavy (non-hydrogen) atoms. The topological polar surface area (TPSA) is 111 Å². The molecular weight excluding hydrogens is 674 g/mol. The highest BCUT2D eigenvalue weighted by atomic mass is 28.6. The molecule has 3 fully saturated rings. The molecule has 0 aromatic carbocycles. The highest BCUT2D eigenvalue weighted by Gasteiger charge is 2.74. The van der Waals surface area contributed by atoms with Gasteiger partial charge in [-0.15, -0.1) is 0 Å². The van der Waals surface area contributed by atoms with Gasteiger partial charge in [-0.1, -0.05) is 0 Å². The summed E-state index contributed by atoms with van der Waals surface area (Å²) in [4.78, 5) is 0. The third kappa shape index (κ3) is 9.50. The van der Waals surface area contributed by atoms with Crippen LogP contribution in [-0.2, 0) is 49.4 Å². The summed E-state index contributed by atoms with van der Waals surface area (Å²) >= 11 is 0. The smallest absolute Gasteiger partial charge is 0.420 e. The zero-order valence-corrected chi connectivity index (χ0v) is 33.7. The van der Waals surface area contributed by atoms with Crippen LogP contribution in [0.2, 0.25) is 78.6 Å². The Hall–Kier alpha value is 1.48. The molecule has 12 nitrogen and oxygen atoms in total. The first-order valence-corrected chi connectivity index (χ1v) is 35.1. The largest absolute Gasteiger partial charge is 0.694 e. The fourth-order valence-corrected chi connectivity index (χ4v) is 47.8. The number of halogens is 3. The van der Waals surface area contributed by atoms with Crippen LogP contribution in [0.5, 0.6) is 0 Å². The number of hydrogen-bond donors (Lipinski definition) is 0. The molecule has 0 radical (unpaired) electrons. The summed E-state index contributed by atoms with van der Waals surface area (Å²) in [6.07, 6.45) is 0. The second-order valence-electron chi connectivity index (χ2n) is 10.1. The van der Waals surface area contributed by atoms with E-state index in [1.54, 1.807) is 39.3 Å². The molecule has 4 atom stereocenters. The maximum atomic E-state index is 16.5. The van der Waals surface area contributed by atoms with Gasteiger partial charge < -0.3 is 49.4 Å². The molecule has 0 amide bonds. The summed E-state index contributed by atoms with van der Waals surface area (Å²) in [5.74, 6) is 0. The minimum absolute atomic E-state index is 1.56. The molecule has 3 heterocycles. The number of rotatable bonds is 6. The van der Waals surface area contributed by atoms with Crippen LogP contribution in [-0.4, -0.2) is 89.1 Å². The highest BCUT2D eigenvalue weighted by Crippen LogP contribution is 2.42. The molecule has 4 bridgehead atoms. The van der Waals surface area contributed by atoms with Crippen molar-refractivity contribution in [2.75, 3.05) is 0 Å². The predicted octanol–water partition coefficient (Wildman–Crippen LogP) is 2.83. The molecule has 0 aliphatic carbocycles. The molecule has 0 N–H and O–H groups in total. The van der Waals surface area contributed by atoms with Gasteiger partial charge in [0.05, 0.1) is 0 Å². The zero-order valence-electron chi connectivity index (χ0n) is 23.3. The molecule has 0 aromatic heterocycles. The lowest BCUT2D eigenvalue weighted by atomic mass is 11.9. The molecule has 3 aliphatic rings. The Balaban J connectivity index is 0.00000235. The second-order valence-corrected chi connectivity index (χ2v) is 37.9. The van der Waals surface area contributed by atoms with Crippen LogP contribution in [0.15, 0.2) is 0 Å². The minimum atomic E-state index is -4.88. The average Bonchev–Trinajstić information content (AvgIpc) is 2.53. The Morgan fingerprint density at radius 2 is 0.676 bits per heavy atom. The highest BCUT2D eigenvalue weighted by molar-refractivity contribution is 6.98. The van der Waals surface area contributed by atoms with E-state index < -0.39 is 89.1 Å². The Morgan fingerprint density at radius 1 is 0.432 bits per heavy atom. The van der Waals surface area contributed by atoms with E-state index in [1.807, 2.05) is 39.3 Å². The fourth-order valence-electron chi connectivity index (χ4n) is 4.39. The van der Waals surface area contributed by atoms with Crippen LogP contribution >= 0.6 is 0 Å². The number of fused-ring (bicyclic) bond motifs is 3. The molecular formula is C12H39F3O12Si10. The van der Waals surface area contributed by atoms with Gasteiger partial charge in [-0.2, -0.15) is 0 Å². The van der Waals surface area contributed by atoms with E-state index >= 15 is 4.11 Å². The molecule has 25 heteroatoms. The van der Waals surface area contributed by atoms with Gasteiger partial charge >= 0.3 is 62.0 Å². The quantitative estimate of drug-likeness (QED) is 0.299. The normalized spacial score (nSPS) is 46.5. The maximum Gasteiger partial charge on any atom is 0.694 e. The van der Waals surface area contributed by atoms with Crippen LogP contribution in [0.25, 0.3) is 0 Å². The van der Waals surface area contributed by atoms with Crippen LogP contribution in [0.3, 0.4) is 0 Å². The molecule has 3 aliphatic heterocycles. The van der Waals surface area contributed by atoms with Crippen molar-refractivity contribution in [3.05, 3.63) is 0 Å². The lowest BCUT2D eigenvalue weighted by Crippen LogP contribution is -2.80. The second kappa shape index (κ2) is 12.0. The van der Waals surface area contributed by atoms with E-state index in [-0.39, 0.29) is 0 Å². The molecule has 3 saturated heterocycles. The Kier molecular flexibility index (Phi) is 11.2. The van der Waals surface area contributed by atoms with Crippen molar-refractivity contribution in [2.45, 2.75) is 78.6 Å². The monoisotopic (exact) mass is 712 g/mol. The van der Waals surface area contributed by atoms with Gasteiger partial charge in [0.1, 0.15) is 0 Å². The van der Waals surface area contributed by atoms with Crippen LogP contribution in [0, 0.1) is 0 Å². The SMILES string of the molecule is C[SiH](C)O[Si]1(C)O[Si]2(C)O[Si](C)(O[SiH](C)C)O[Si]3(C)O[Si](C)(O2)O[Si](C)(O1)O[Si](F)(O[SiH](C)C)O3.FF. The molecule has 220 valence electrons. The summed E-state index contributed by atoms with van der Waals surface area (Å²) < 4.78 is 108. The standard InChI is InChI=1S/C12H39FO12Si10.F2/c1-26(2)14-29(7)17-31(9)18-30(8,15-27(3)4)20-34(12)23-32(10,21-31)22-33(11,19-29)24-35(13,25-34)16-28(5)6;1-2/h26-28H,1-12H3;. The van der Waals surface area contributed by atoms with Crippen molar-refractivity contribution in [2.24, 2.45) is 0 Å². The summed E-state index contributed by atoms with van der Waals surface area (Å²) in [7, 11) is -32.4. The minimum Gasteiger partial charge on any atom is -0.420 e. The average molecular weight is 713 g/mol. The Labute approximate surface area is 229 Å². The van der Waals surface area contributed by atoms with E-state index in [4.69, 9.17) is 58.5 Å². The predicted molar refractivity (Wildman–Crippen MR) is 148 cm³/mol. The summed E-state index contributed by atoms with van der Waals surface area (Å²) in [5, 5.41) is 0. The molecule has 0 spiro atoms. The summed E-state index contributed by atoms with van der Waals surface area (Å²) in [6.45, 7) is 21.5. The van der Waals surface area contributed by atoms with Crippen molar-refractivity contribution in [1.29, 1.82) is 0 Å². The van der Waals surface area contributed by atoms with Crippen molar-refractivity contribution in [1.82, 2.24) is 0 Å². The number of hydrogen-bond acceptors (Lipinski definition) is 12. The lowest BCUT2D eigenvalue weighted by Gasteiger charge is -2.54. The maximum absolute atomic E-state index is 16.5. The van der Waals surface area contributed by atoms with Gasteiger partial charge in [-0.05, 0) is 39.3 Å². The molecule has 3 rings (SSSR count). The summed E-state index contributed by atoms with van der Waals surface area (Å²) in [5.41, 5.74) is 0. The lowest BCUT2D eigenvalue weighted by molar-refractivity contribution is 0.0140. The van der Waals surface area contributed by atoms with E-state index in [1.165, 1.54) is 0 Å². The van der Waals surface area contributed by atoms with Gasteiger partial charge in [-0.3, -0.25) is 0 Å². The first kappa shape index (κ1) is 34.7. The molecule has 0 saturated carbocycles. The van der Waals surface area contributed by atoms with Crippen molar-refractivity contribution in [3.63, 3.8) is 0 Å². The van der Waals surface area contributed by atoms with Gasteiger partial charge in [0.25, 0.3) is 0 Å². The first-order chi connectivity index (χ1) is 16.6. The summed E-state index contributed by atoms with van der Waals surface area (Å²) in [6, 6.07) is 0. The van der Waals surface area contributed by atoms with Crippen LogP contribution < -0.4 is 0 Å². The van der Waals surface area contributed by atoms with Gasteiger partial charge in [0.15, 0.2) is 27.1 Å². The van der Waals surface area contributed by atoms with Crippen molar-refractivity contribution < 1.29 is 62.6 Å². The van der Waals surface area contributed by atoms with Gasteiger partial charge in [0, 0.05) is 48.4 Å². The first-order valence-electron chi connectivity index (χ1n) is 11.8. The third-order valence-corrected chi connectivity index (χ3v) is 40.4. The van der Waals surface area contributed by atoms with E-state index in [9.17, 15) is 0 Å². The Morgan fingerprint density at radius 3 is 0.946 bits per heavy atom. The van der Waals surface area contributed by atoms with Crippen molar-refractivity contribution >= 4 is 89.1 Å². The Bertz CT molecular complexity index is 669. The zero-order chi connectivity index (χ0) is 28.7. The van der Waals surface area contributed by atoms with Crippen LogP contribution in [0.4, 0.5) is 13.3 Å². The fraction of sp³-hybridized carbons (Fsp3) is 1.00. The van der Waals surface area contributed by atoms with E-state index in [0.29, 0.717) is 0 Å². The molecule has 0 aromatic rings. The third-order valence-electron chi connectivity index (χ3n) is 4.49.